The van der Waals surface area contributed by atoms with Gasteiger partial charge in [0.15, 0.2) is 0 Å². The van der Waals surface area contributed by atoms with Crippen molar-refractivity contribution >= 4 is 5.91 Å². The van der Waals surface area contributed by atoms with Gasteiger partial charge in [-0.05, 0) is 30.0 Å². The van der Waals surface area contributed by atoms with Gasteiger partial charge in [0.2, 0.25) is 5.91 Å². The molecule has 0 aliphatic rings. The fraction of sp³-hybridized carbons (Fsp3) is 0.367. The second kappa shape index (κ2) is 15.1. The molecule has 5 nitrogen and oxygen atoms in total. The van der Waals surface area contributed by atoms with Crippen LogP contribution in [0.1, 0.15) is 37.0 Å². The van der Waals surface area contributed by atoms with Gasteiger partial charge in [0, 0.05) is 6.54 Å². The molecule has 2 unspecified atom stereocenters. The highest BCUT2D eigenvalue weighted by molar-refractivity contribution is 5.77. The molecule has 3 aromatic carbocycles. The third-order valence-corrected chi connectivity index (χ3v) is 5.82. The Morgan fingerprint density at radius 1 is 0.743 bits per heavy atom. The maximum Gasteiger partial charge on any atom is 0.249 e. The molecule has 3 rings (SSSR count). The van der Waals surface area contributed by atoms with Crippen molar-refractivity contribution in [3.05, 3.63) is 108 Å². The van der Waals surface area contributed by atoms with Gasteiger partial charge in [-0.25, -0.2) is 0 Å². The van der Waals surface area contributed by atoms with E-state index in [4.69, 9.17) is 14.2 Å². The van der Waals surface area contributed by atoms with Crippen LogP contribution >= 0.6 is 0 Å². The summed E-state index contributed by atoms with van der Waals surface area (Å²) in [5, 5.41) is 0. The molecule has 3 aromatic rings. The van der Waals surface area contributed by atoms with E-state index in [1.54, 1.807) is 0 Å². The lowest BCUT2D eigenvalue weighted by Crippen LogP contribution is -2.51. The quantitative estimate of drug-likeness (QED) is 0.286. The fourth-order valence-electron chi connectivity index (χ4n) is 3.89. The standard InChI is InChI=1S/C30H37NO4/c1-3-19-31(30(32)24-34-21-27-15-9-5-10-16-27)29(23-33-20-26-13-7-4-8-14-26)25(2)35-22-28-17-11-6-12-18-28/h4-18,25,29H,3,19-24H2,1-2H3. The molecule has 0 aliphatic carbocycles. The van der Waals surface area contributed by atoms with Crippen LogP contribution in [0.25, 0.3) is 0 Å². The first-order chi connectivity index (χ1) is 17.2. The topological polar surface area (TPSA) is 48.0 Å². The molecule has 0 N–H and O–H groups in total. The van der Waals surface area contributed by atoms with Gasteiger partial charge in [-0.15, -0.1) is 0 Å². The first-order valence-corrected chi connectivity index (χ1v) is 12.4. The number of ether oxygens (including phenoxy) is 3. The number of hydrogen-bond acceptors (Lipinski definition) is 4. The molecule has 0 bridgehead atoms. The molecule has 0 heterocycles. The third-order valence-electron chi connectivity index (χ3n) is 5.82. The van der Waals surface area contributed by atoms with Crippen LogP contribution in [0.2, 0.25) is 0 Å². The van der Waals surface area contributed by atoms with Crippen LogP contribution in [-0.4, -0.2) is 42.7 Å². The summed E-state index contributed by atoms with van der Waals surface area (Å²) in [5.41, 5.74) is 3.25. The van der Waals surface area contributed by atoms with Crippen LogP contribution in [0.4, 0.5) is 0 Å². The van der Waals surface area contributed by atoms with E-state index in [0.717, 1.165) is 23.1 Å². The van der Waals surface area contributed by atoms with Gasteiger partial charge in [-0.3, -0.25) is 4.79 Å². The Morgan fingerprint density at radius 2 is 1.23 bits per heavy atom. The molecule has 0 saturated heterocycles. The van der Waals surface area contributed by atoms with Crippen molar-refractivity contribution in [3.63, 3.8) is 0 Å². The number of amides is 1. The SMILES string of the molecule is CCCN(C(=O)COCc1ccccc1)C(COCc1ccccc1)C(C)OCc1ccccc1. The van der Waals surface area contributed by atoms with E-state index in [0.29, 0.717) is 33.0 Å². The van der Waals surface area contributed by atoms with Crippen LogP contribution in [0, 0.1) is 0 Å². The highest BCUT2D eigenvalue weighted by Gasteiger charge is 2.29. The maximum atomic E-state index is 13.3. The van der Waals surface area contributed by atoms with Crippen molar-refractivity contribution in [3.8, 4) is 0 Å². The van der Waals surface area contributed by atoms with Gasteiger partial charge in [0.05, 0.1) is 38.6 Å². The summed E-state index contributed by atoms with van der Waals surface area (Å²) >= 11 is 0. The third kappa shape index (κ3) is 9.29. The van der Waals surface area contributed by atoms with Gasteiger partial charge in [-0.2, -0.15) is 0 Å². The number of nitrogens with zero attached hydrogens (tertiary/aromatic N) is 1. The highest BCUT2D eigenvalue weighted by Crippen LogP contribution is 2.15. The molecule has 1 amide bonds. The summed E-state index contributed by atoms with van der Waals surface area (Å²) in [5.74, 6) is -0.0498. The van der Waals surface area contributed by atoms with Crippen molar-refractivity contribution < 1.29 is 19.0 Å². The van der Waals surface area contributed by atoms with Crippen molar-refractivity contribution in [1.29, 1.82) is 0 Å². The molecule has 0 saturated carbocycles. The smallest absolute Gasteiger partial charge is 0.249 e. The Kier molecular flexibility index (Phi) is 11.5. The van der Waals surface area contributed by atoms with Gasteiger partial charge < -0.3 is 19.1 Å². The first kappa shape index (κ1) is 26.6. The van der Waals surface area contributed by atoms with Crippen LogP contribution in [0.5, 0.6) is 0 Å². The average molecular weight is 476 g/mol. The summed E-state index contributed by atoms with van der Waals surface area (Å²) in [6.45, 7) is 6.48. The molecular weight excluding hydrogens is 438 g/mol. The predicted molar refractivity (Wildman–Crippen MR) is 139 cm³/mol. The van der Waals surface area contributed by atoms with Crippen molar-refractivity contribution in [2.24, 2.45) is 0 Å². The number of hydrogen-bond donors (Lipinski definition) is 0. The van der Waals surface area contributed by atoms with E-state index in [1.807, 2.05) is 103 Å². The normalized spacial score (nSPS) is 12.7. The van der Waals surface area contributed by atoms with E-state index in [9.17, 15) is 4.79 Å². The Morgan fingerprint density at radius 3 is 1.74 bits per heavy atom. The van der Waals surface area contributed by atoms with E-state index in [2.05, 4.69) is 6.92 Å². The van der Waals surface area contributed by atoms with Gasteiger partial charge in [0.25, 0.3) is 0 Å². The highest BCUT2D eigenvalue weighted by atomic mass is 16.5. The fourth-order valence-corrected chi connectivity index (χ4v) is 3.89. The first-order valence-electron chi connectivity index (χ1n) is 12.4. The van der Waals surface area contributed by atoms with Gasteiger partial charge >= 0.3 is 0 Å². The summed E-state index contributed by atoms with van der Waals surface area (Å²) in [4.78, 5) is 15.1. The number of carbonyl (C=O) groups excluding carboxylic acids is 1. The molecular formula is C30H37NO4. The minimum atomic E-state index is -0.227. The monoisotopic (exact) mass is 475 g/mol. The molecule has 35 heavy (non-hydrogen) atoms. The Labute approximate surface area is 209 Å². The number of benzene rings is 3. The maximum absolute atomic E-state index is 13.3. The number of rotatable bonds is 15. The Hall–Kier alpha value is -2.99. The van der Waals surface area contributed by atoms with Crippen molar-refractivity contribution in [2.45, 2.75) is 52.2 Å². The van der Waals surface area contributed by atoms with Crippen LogP contribution in [-0.2, 0) is 38.8 Å². The second-order valence-electron chi connectivity index (χ2n) is 8.64. The van der Waals surface area contributed by atoms with E-state index < -0.39 is 0 Å². The molecule has 2 atom stereocenters. The van der Waals surface area contributed by atoms with Gasteiger partial charge in [-0.1, -0.05) is 97.9 Å². The zero-order valence-corrected chi connectivity index (χ0v) is 20.8. The van der Waals surface area contributed by atoms with E-state index in [-0.39, 0.29) is 24.7 Å². The summed E-state index contributed by atoms with van der Waals surface area (Å²) < 4.78 is 18.1. The summed E-state index contributed by atoms with van der Waals surface area (Å²) in [6, 6.07) is 29.8. The average Bonchev–Trinajstić information content (AvgIpc) is 2.90. The summed E-state index contributed by atoms with van der Waals surface area (Å²) in [7, 11) is 0. The minimum absolute atomic E-state index is 0.0233. The lowest BCUT2D eigenvalue weighted by Gasteiger charge is -2.35. The zero-order valence-electron chi connectivity index (χ0n) is 20.8. The van der Waals surface area contributed by atoms with Crippen LogP contribution < -0.4 is 0 Å². The van der Waals surface area contributed by atoms with Gasteiger partial charge in [0.1, 0.15) is 6.61 Å². The van der Waals surface area contributed by atoms with E-state index >= 15 is 0 Å². The molecule has 0 radical (unpaired) electrons. The summed E-state index contributed by atoms with van der Waals surface area (Å²) in [6.07, 6.45) is 0.626. The predicted octanol–water partition coefficient (Wildman–Crippen LogP) is 5.63. The minimum Gasteiger partial charge on any atom is -0.375 e. The van der Waals surface area contributed by atoms with Crippen LogP contribution in [0.15, 0.2) is 91.0 Å². The van der Waals surface area contributed by atoms with Crippen LogP contribution in [0.3, 0.4) is 0 Å². The zero-order chi connectivity index (χ0) is 24.7. The molecule has 0 spiro atoms. The van der Waals surface area contributed by atoms with E-state index in [1.165, 1.54) is 0 Å². The Balaban J connectivity index is 1.64. The molecule has 5 heteroatoms. The second-order valence-corrected chi connectivity index (χ2v) is 8.64. The lowest BCUT2D eigenvalue weighted by atomic mass is 10.1. The molecule has 0 fully saturated rings. The number of carbonyl (C=O) groups is 1. The Bertz CT molecular complexity index is 965. The largest absolute Gasteiger partial charge is 0.375 e. The molecule has 0 aliphatic heterocycles. The molecule has 186 valence electrons. The molecule has 0 aromatic heterocycles. The van der Waals surface area contributed by atoms with Crippen molar-refractivity contribution in [2.75, 3.05) is 19.8 Å². The lowest BCUT2D eigenvalue weighted by molar-refractivity contribution is -0.145. The van der Waals surface area contributed by atoms with Crippen molar-refractivity contribution in [1.82, 2.24) is 4.90 Å².